The van der Waals surface area contributed by atoms with Gasteiger partial charge in [-0.25, -0.2) is 0 Å². The lowest BCUT2D eigenvalue weighted by Crippen LogP contribution is -2.44. The molecule has 2 unspecified atom stereocenters. The van der Waals surface area contributed by atoms with Crippen LogP contribution in [0.5, 0.6) is 0 Å². The lowest BCUT2D eigenvalue weighted by atomic mass is 9.85. The van der Waals surface area contributed by atoms with Gasteiger partial charge in [0.1, 0.15) is 0 Å². The Hall–Kier alpha value is -2.14. The molecule has 0 fully saturated rings. The first-order valence-electron chi connectivity index (χ1n) is 7.19. The summed E-state index contributed by atoms with van der Waals surface area (Å²) >= 11 is 0. The maximum Gasteiger partial charge on any atom is 0.311 e. The number of nitrogens with one attached hydrogen (secondary N) is 1. The summed E-state index contributed by atoms with van der Waals surface area (Å²) in [5.74, 6) is -0.772. The monoisotopic (exact) mass is 284 g/mol. The van der Waals surface area contributed by atoms with Crippen LogP contribution in [0.1, 0.15) is 28.5 Å². The zero-order valence-electron chi connectivity index (χ0n) is 11.8. The van der Waals surface area contributed by atoms with Crippen LogP contribution in [0, 0.1) is 5.92 Å². The van der Waals surface area contributed by atoms with Crippen LogP contribution >= 0.6 is 0 Å². The summed E-state index contributed by atoms with van der Waals surface area (Å²) in [7, 11) is 1.38. The van der Waals surface area contributed by atoms with Crippen molar-refractivity contribution in [3.8, 4) is 0 Å². The normalized spacial score (nSPS) is 24.0. The fourth-order valence-corrected chi connectivity index (χ4v) is 3.73. The van der Waals surface area contributed by atoms with Crippen molar-refractivity contribution >= 4 is 22.8 Å². The minimum atomic E-state index is -0.432. The second kappa shape index (κ2) is 4.43. The molecule has 1 aromatic heterocycles. The average molecular weight is 284 g/mol. The Morgan fingerprint density at radius 3 is 3.00 bits per heavy atom. The molecule has 0 saturated carbocycles. The molecule has 5 heteroatoms. The van der Waals surface area contributed by atoms with Crippen LogP contribution in [0.2, 0.25) is 0 Å². The molecule has 108 valence electrons. The first-order valence-corrected chi connectivity index (χ1v) is 7.19. The third-order valence-electron chi connectivity index (χ3n) is 4.60. The number of esters is 1. The number of hydrogen-bond acceptors (Lipinski definition) is 4. The van der Waals surface area contributed by atoms with Crippen LogP contribution in [0.25, 0.3) is 10.9 Å². The maximum absolute atomic E-state index is 12.6. The molecule has 5 nitrogen and oxygen atoms in total. The summed E-state index contributed by atoms with van der Waals surface area (Å²) in [5, 5.41) is 4.51. The highest BCUT2D eigenvalue weighted by molar-refractivity contribution is 5.99. The van der Waals surface area contributed by atoms with Crippen LogP contribution < -0.4 is 5.32 Å². The number of fused-ring (bicyclic) bond motifs is 3. The third kappa shape index (κ3) is 1.61. The fraction of sp³-hybridized carbons (Fsp3) is 0.375. The number of nitrogens with zero attached hydrogens (tertiary/aromatic N) is 1. The van der Waals surface area contributed by atoms with Crippen LogP contribution in [-0.4, -0.2) is 30.1 Å². The summed E-state index contributed by atoms with van der Waals surface area (Å²) in [6, 6.07) is 7.83. The summed E-state index contributed by atoms with van der Waals surface area (Å²) in [4.78, 5) is 24.6. The van der Waals surface area contributed by atoms with E-state index in [9.17, 15) is 9.59 Å². The molecule has 0 saturated heterocycles. The molecule has 0 spiro atoms. The zero-order valence-corrected chi connectivity index (χ0v) is 11.8. The molecule has 0 aliphatic carbocycles. The highest BCUT2D eigenvalue weighted by Gasteiger charge is 2.43. The third-order valence-corrected chi connectivity index (χ3v) is 4.60. The molecular formula is C16H16N2O3. The molecule has 1 N–H and O–H groups in total. The van der Waals surface area contributed by atoms with E-state index >= 15 is 0 Å². The molecule has 0 radical (unpaired) electrons. The van der Waals surface area contributed by atoms with E-state index in [-0.39, 0.29) is 24.3 Å². The number of hydrogen-bond donors (Lipinski definition) is 1. The van der Waals surface area contributed by atoms with Crippen molar-refractivity contribution in [2.75, 3.05) is 13.7 Å². The van der Waals surface area contributed by atoms with E-state index in [0.717, 1.165) is 29.6 Å². The van der Waals surface area contributed by atoms with Gasteiger partial charge in [-0.15, -0.1) is 0 Å². The van der Waals surface area contributed by atoms with E-state index in [1.165, 1.54) is 12.7 Å². The van der Waals surface area contributed by atoms with Gasteiger partial charge >= 0.3 is 5.97 Å². The molecule has 3 heterocycles. The van der Waals surface area contributed by atoms with E-state index in [1.54, 1.807) is 4.57 Å². The van der Waals surface area contributed by atoms with Crippen LogP contribution in [0.15, 0.2) is 24.3 Å². The first kappa shape index (κ1) is 12.6. The van der Waals surface area contributed by atoms with E-state index in [2.05, 4.69) is 11.4 Å². The second-order valence-corrected chi connectivity index (χ2v) is 5.63. The van der Waals surface area contributed by atoms with Crippen molar-refractivity contribution in [2.24, 2.45) is 5.92 Å². The number of methoxy groups -OCH3 is 1. The number of carbonyl (C=O) groups is 2. The molecule has 4 rings (SSSR count). The molecule has 2 aromatic rings. The Morgan fingerprint density at radius 2 is 2.19 bits per heavy atom. The van der Waals surface area contributed by atoms with Gasteiger partial charge in [0.05, 0.1) is 24.6 Å². The van der Waals surface area contributed by atoms with Crippen LogP contribution in [-0.2, 0) is 16.0 Å². The Bertz CT molecular complexity index is 762. The standard InChI is InChI=1S/C16H16N2O3/c1-21-16(20)11-8-13(19)18-12-5-3-2-4-9(12)10-6-7-17-14(11)15(10)18/h2-5,11,14,17H,6-8H2,1H3. The predicted molar refractivity (Wildman–Crippen MR) is 77.1 cm³/mol. The highest BCUT2D eigenvalue weighted by Crippen LogP contribution is 2.41. The Labute approximate surface area is 121 Å². The molecule has 2 atom stereocenters. The summed E-state index contributed by atoms with van der Waals surface area (Å²) in [6.07, 6.45) is 1.07. The van der Waals surface area contributed by atoms with Gasteiger partial charge < -0.3 is 10.1 Å². The van der Waals surface area contributed by atoms with Crippen molar-refractivity contribution in [3.63, 3.8) is 0 Å². The molecule has 2 aliphatic rings. The second-order valence-electron chi connectivity index (χ2n) is 5.63. The smallest absolute Gasteiger partial charge is 0.311 e. The molecule has 21 heavy (non-hydrogen) atoms. The lowest BCUT2D eigenvalue weighted by molar-refractivity contribution is -0.147. The number of para-hydroxylation sites is 1. The van der Waals surface area contributed by atoms with E-state index in [4.69, 9.17) is 4.74 Å². The zero-order chi connectivity index (χ0) is 14.6. The number of rotatable bonds is 1. The summed E-state index contributed by atoms with van der Waals surface area (Å²) in [5.41, 5.74) is 3.09. The van der Waals surface area contributed by atoms with Crippen molar-refractivity contribution in [2.45, 2.75) is 18.9 Å². The van der Waals surface area contributed by atoms with Crippen molar-refractivity contribution in [1.29, 1.82) is 0 Å². The van der Waals surface area contributed by atoms with E-state index in [1.807, 2.05) is 18.2 Å². The first-order chi connectivity index (χ1) is 10.2. The molecule has 1 aromatic carbocycles. The van der Waals surface area contributed by atoms with Gasteiger partial charge in [-0.3, -0.25) is 14.2 Å². The van der Waals surface area contributed by atoms with Gasteiger partial charge in [0.15, 0.2) is 0 Å². The van der Waals surface area contributed by atoms with Gasteiger partial charge in [-0.05, 0) is 24.6 Å². The molecule has 0 bridgehead atoms. The lowest BCUT2D eigenvalue weighted by Gasteiger charge is -2.34. The van der Waals surface area contributed by atoms with Gasteiger partial charge in [0.25, 0.3) is 0 Å². The van der Waals surface area contributed by atoms with E-state index < -0.39 is 5.92 Å². The minimum absolute atomic E-state index is 0.0252. The fourth-order valence-electron chi connectivity index (χ4n) is 3.73. The van der Waals surface area contributed by atoms with Crippen molar-refractivity contribution in [3.05, 3.63) is 35.5 Å². The van der Waals surface area contributed by atoms with Gasteiger partial charge in [-0.1, -0.05) is 18.2 Å². The van der Waals surface area contributed by atoms with Gasteiger partial charge in [0.2, 0.25) is 5.91 Å². The van der Waals surface area contributed by atoms with Crippen LogP contribution in [0.4, 0.5) is 0 Å². The molecule has 0 amide bonds. The maximum atomic E-state index is 12.6. The number of benzene rings is 1. The molecule has 2 aliphatic heterocycles. The Kier molecular flexibility index (Phi) is 2.65. The highest BCUT2D eigenvalue weighted by atomic mass is 16.5. The van der Waals surface area contributed by atoms with Gasteiger partial charge in [0, 0.05) is 17.5 Å². The topological polar surface area (TPSA) is 60.3 Å². The molecular weight excluding hydrogens is 268 g/mol. The summed E-state index contributed by atoms with van der Waals surface area (Å²) in [6.45, 7) is 0.813. The average Bonchev–Trinajstić information content (AvgIpc) is 2.86. The van der Waals surface area contributed by atoms with Crippen molar-refractivity contribution < 1.29 is 14.3 Å². The van der Waals surface area contributed by atoms with Crippen molar-refractivity contribution in [1.82, 2.24) is 9.88 Å². The van der Waals surface area contributed by atoms with Crippen LogP contribution in [0.3, 0.4) is 0 Å². The number of carbonyl (C=O) groups excluding carboxylic acids is 2. The largest absolute Gasteiger partial charge is 0.469 e. The number of ether oxygens (including phenoxy) is 1. The predicted octanol–water partition coefficient (Wildman–Crippen LogP) is 1.66. The van der Waals surface area contributed by atoms with E-state index in [0.29, 0.717) is 0 Å². The minimum Gasteiger partial charge on any atom is -0.469 e. The Balaban J connectivity index is 2.00. The summed E-state index contributed by atoms with van der Waals surface area (Å²) < 4.78 is 6.68. The quantitative estimate of drug-likeness (QED) is 0.809. The Morgan fingerprint density at radius 1 is 1.38 bits per heavy atom. The number of aromatic nitrogens is 1. The SMILES string of the molecule is COC(=O)C1CC(=O)n2c3c(c4ccccc42)CCNC31. The van der Waals surface area contributed by atoms with Gasteiger partial charge in [-0.2, -0.15) is 0 Å².